The molecule has 0 atom stereocenters. The van der Waals surface area contributed by atoms with Gasteiger partial charge in [0.15, 0.2) is 5.96 Å². The summed E-state index contributed by atoms with van der Waals surface area (Å²) in [4.78, 5) is 6.98. The molecule has 0 aromatic heterocycles. The molecule has 5 nitrogen and oxygen atoms in total. The summed E-state index contributed by atoms with van der Waals surface area (Å²) in [6.45, 7) is 12.3. The number of ether oxygens (including phenoxy) is 1. The van der Waals surface area contributed by atoms with E-state index in [2.05, 4.69) is 65.7 Å². The maximum Gasteiger partial charge on any atom is 0.191 e. The van der Waals surface area contributed by atoms with Crippen LogP contribution in [0, 0.1) is 0 Å². The first-order valence-corrected chi connectivity index (χ1v) is 9.05. The molecule has 0 heterocycles. The van der Waals surface area contributed by atoms with Crippen LogP contribution >= 0.6 is 0 Å². The average molecular weight is 335 g/mol. The van der Waals surface area contributed by atoms with Crippen molar-refractivity contribution < 1.29 is 4.74 Å². The molecule has 136 valence electrons. The van der Waals surface area contributed by atoms with Gasteiger partial charge in [0.25, 0.3) is 0 Å². The number of hydrogen-bond acceptors (Lipinski definition) is 3. The van der Waals surface area contributed by atoms with Crippen molar-refractivity contribution in [3.05, 3.63) is 35.4 Å². The highest BCUT2D eigenvalue weighted by Gasteiger charge is 2.01. The van der Waals surface area contributed by atoms with E-state index in [1.807, 2.05) is 6.92 Å². The fourth-order valence-electron chi connectivity index (χ4n) is 2.29. The Morgan fingerprint density at radius 3 is 2.67 bits per heavy atom. The average Bonchev–Trinajstić information content (AvgIpc) is 2.59. The third kappa shape index (κ3) is 8.89. The molecule has 0 saturated heterocycles. The largest absolute Gasteiger partial charge is 0.382 e. The number of aliphatic imine (C=N–C) groups is 1. The highest BCUT2D eigenvalue weighted by Crippen LogP contribution is 2.08. The number of rotatable bonds is 11. The molecule has 0 fully saturated rings. The molecular weight excluding hydrogens is 300 g/mol. The lowest BCUT2D eigenvalue weighted by Gasteiger charge is -2.14. The fourth-order valence-corrected chi connectivity index (χ4v) is 2.29. The lowest BCUT2D eigenvalue weighted by atomic mass is 10.1. The summed E-state index contributed by atoms with van der Waals surface area (Å²) in [6.07, 6.45) is 0.983. The molecule has 1 aromatic carbocycles. The molecule has 2 N–H and O–H groups in total. The van der Waals surface area contributed by atoms with Crippen LogP contribution < -0.4 is 10.6 Å². The SMILES string of the molecule is CCNC(=NCc1cccc(CN(C)CC)c1)NCCCOCC. The first-order valence-electron chi connectivity index (χ1n) is 9.05. The van der Waals surface area contributed by atoms with E-state index in [0.717, 1.165) is 51.8 Å². The predicted octanol–water partition coefficient (Wildman–Crippen LogP) is 2.62. The number of hydrogen-bond donors (Lipinski definition) is 2. The Labute approximate surface area is 147 Å². The van der Waals surface area contributed by atoms with Gasteiger partial charge in [-0.2, -0.15) is 0 Å². The molecule has 0 amide bonds. The third-order valence-electron chi connectivity index (χ3n) is 3.71. The van der Waals surface area contributed by atoms with E-state index in [1.165, 1.54) is 11.1 Å². The minimum Gasteiger partial charge on any atom is -0.382 e. The van der Waals surface area contributed by atoms with Crippen LogP contribution in [0.25, 0.3) is 0 Å². The van der Waals surface area contributed by atoms with Gasteiger partial charge >= 0.3 is 0 Å². The van der Waals surface area contributed by atoms with E-state index in [4.69, 9.17) is 4.74 Å². The van der Waals surface area contributed by atoms with Gasteiger partial charge in [-0.25, -0.2) is 4.99 Å². The van der Waals surface area contributed by atoms with Crippen LogP contribution in [0.3, 0.4) is 0 Å². The molecule has 0 aliphatic rings. The number of guanidine groups is 1. The quantitative estimate of drug-likeness (QED) is 0.371. The van der Waals surface area contributed by atoms with E-state index < -0.39 is 0 Å². The van der Waals surface area contributed by atoms with Crippen LogP contribution in [0.5, 0.6) is 0 Å². The third-order valence-corrected chi connectivity index (χ3v) is 3.71. The van der Waals surface area contributed by atoms with Gasteiger partial charge in [0.2, 0.25) is 0 Å². The van der Waals surface area contributed by atoms with Crippen molar-refractivity contribution in [2.45, 2.75) is 40.3 Å². The van der Waals surface area contributed by atoms with Gasteiger partial charge in [-0.1, -0.05) is 31.2 Å². The van der Waals surface area contributed by atoms with Gasteiger partial charge in [-0.15, -0.1) is 0 Å². The van der Waals surface area contributed by atoms with Gasteiger partial charge in [-0.05, 0) is 45.0 Å². The van der Waals surface area contributed by atoms with E-state index in [-0.39, 0.29) is 0 Å². The Bertz CT molecular complexity index is 476. The van der Waals surface area contributed by atoms with Gasteiger partial charge in [0.1, 0.15) is 0 Å². The maximum absolute atomic E-state index is 5.35. The highest BCUT2D eigenvalue weighted by atomic mass is 16.5. The van der Waals surface area contributed by atoms with Crippen LogP contribution in [0.15, 0.2) is 29.3 Å². The molecule has 1 aromatic rings. The Balaban J connectivity index is 2.53. The molecule has 1 rings (SSSR count). The number of nitrogens with one attached hydrogen (secondary N) is 2. The maximum atomic E-state index is 5.35. The van der Waals surface area contributed by atoms with E-state index in [1.54, 1.807) is 0 Å². The highest BCUT2D eigenvalue weighted by molar-refractivity contribution is 5.79. The zero-order valence-electron chi connectivity index (χ0n) is 15.8. The molecule has 0 saturated carbocycles. The Hall–Kier alpha value is -1.59. The Morgan fingerprint density at radius 1 is 1.17 bits per heavy atom. The molecule has 0 aliphatic carbocycles. The molecular formula is C19H34N4O. The Kier molecular flexibility index (Phi) is 10.9. The van der Waals surface area contributed by atoms with E-state index in [0.29, 0.717) is 6.54 Å². The summed E-state index contributed by atoms with van der Waals surface area (Å²) in [6, 6.07) is 8.68. The summed E-state index contributed by atoms with van der Waals surface area (Å²) in [5.41, 5.74) is 2.57. The zero-order valence-corrected chi connectivity index (χ0v) is 15.8. The lowest BCUT2D eigenvalue weighted by Crippen LogP contribution is -2.38. The first-order chi connectivity index (χ1) is 11.7. The van der Waals surface area contributed by atoms with Crippen LogP contribution in [0.2, 0.25) is 0 Å². The van der Waals surface area contributed by atoms with E-state index in [9.17, 15) is 0 Å². The summed E-state index contributed by atoms with van der Waals surface area (Å²) in [5.74, 6) is 0.866. The van der Waals surface area contributed by atoms with Crippen LogP contribution in [-0.4, -0.2) is 50.8 Å². The molecule has 0 aliphatic heterocycles. The summed E-state index contributed by atoms with van der Waals surface area (Å²) in [7, 11) is 2.14. The summed E-state index contributed by atoms with van der Waals surface area (Å²) < 4.78 is 5.35. The van der Waals surface area contributed by atoms with Crippen LogP contribution in [0.1, 0.15) is 38.3 Å². The zero-order chi connectivity index (χ0) is 17.6. The summed E-state index contributed by atoms with van der Waals surface area (Å²) >= 11 is 0. The van der Waals surface area contributed by atoms with Gasteiger partial charge < -0.3 is 20.3 Å². The lowest BCUT2D eigenvalue weighted by molar-refractivity contribution is 0.145. The second kappa shape index (κ2) is 12.8. The summed E-state index contributed by atoms with van der Waals surface area (Å²) in [5, 5.41) is 6.65. The van der Waals surface area contributed by atoms with Crippen molar-refractivity contribution in [1.29, 1.82) is 0 Å². The van der Waals surface area contributed by atoms with Crippen molar-refractivity contribution in [3.63, 3.8) is 0 Å². The number of nitrogens with zero attached hydrogens (tertiary/aromatic N) is 2. The minimum atomic E-state index is 0.685. The second-order valence-corrected chi connectivity index (χ2v) is 5.82. The Morgan fingerprint density at radius 2 is 1.96 bits per heavy atom. The van der Waals surface area contributed by atoms with Crippen LogP contribution in [0.4, 0.5) is 0 Å². The smallest absolute Gasteiger partial charge is 0.191 e. The fraction of sp³-hybridized carbons (Fsp3) is 0.632. The monoisotopic (exact) mass is 334 g/mol. The molecule has 24 heavy (non-hydrogen) atoms. The standard InChI is InChI=1S/C19H34N4O/c1-5-20-19(21-12-9-13-24-7-3)22-15-17-10-8-11-18(14-17)16-23(4)6-2/h8,10-11,14H,5-7,9,12-13,15-16H2,1-4H3,(H2,20,21,22). The van der Waals surface area contributed by atoms with Crippen molar-refractivity contribution in [2.75, 3.05) is 39.9 Å². The van der Waals surface area contributed by atoms with E-state index >= 15 is 0 Å². The van der Waals surface area contributed by atoms with Gasteiger partial charge in [-0.3, -0.25) is 0 Å². The topological polar surface area (TPSA) is 48.9 Å². The van der Waals surface area contributed by atoms with Crippen LogP contribution in [-0.2, 0) is 17.8 Å². The molecule has 0 radical (unpaired) electrons. The minimum absolute atomic E-state index is 0.685. The van der Waals surface area contributed by atoms with Gasteiger partial charge in [0, 0.05) is 32.8 Å². The van der Waals surface area contributed by atoms with Crippen molar-refractivity contribution >= 4 is 5.96 Å². The molecule has 0 spiro atoms. The van der Waals surface area contributed by atoms with Crippen molar-refractivity contribution in [3.8, 4) is 0 Å². The molecule has 0 unspecified atom stereocenters. The van der Waals surface area contributed by atoms with Gasteiger partial charge in [0.05, 0.1) is 6.54 Å². The van der Waals surface area contributed by atoms with Crippen molar-refractivity contribution in [1.82, 2.24) is 15.5 Å². The number of benzene rings is 1. The predicted molar refractivity (Wildman–Crippen MR) is 102 cm³/mol. The first kappa shape index (κ1) is 20.5. The molecule has 5 heteroatoms. The second-order valence-electron chi connectivity index (χ2n) is 5.82. The normalized spacial score (nSPS) is 11.8. The molecule has 0 bridgehead atoms. The van der Waals surface area contributed by atoms with Crippen molar-refractivity contribution in [2.24, 2.45) is 4.99 Å².